The molecule has 0 spiro atoms. The molecule has 0 aromatic heterocycles. The molecule has 1 N–H and O–H groups in total. The van der Waals surface area contributed by atoms with E-state index in [-0.39, 0.29) is 29.1 Å². The first-order chi connectivity index (χ1) is 18.5. The second-order valence-corrected chi connectivity index (χ2v) is 12.0. The van der Waals surface area contributed by atoms with Gasteiger partial charge in [-0.1, -0.05) is 72.6 Å². The molecule has 0 saturated heterocycles. The predicted octanol–water partition coefficient (Wildman–Crippen LogP) is 5.22. The average molecular weight is 570 g/mol. The van der Waals surface area contributed by atoms with Crippen LogP contribution in [-0.4, -0.2) is 50.3 Å². The molecule has 3 rings (SSSR count). The van der Waals surface area contributed by atoms with Gasteiger partial charge in [0.1, 0.15) is 12.6 Å². The Balaban J connectivity index is 2.01. The zero-order chi connectivity index (χ0) is 28.6. The number of carbonyl (C=O) groups excluding carboxylic acids is 2. The van der Waals surface area contributed by atoms with Gasteiger partial charge in [0.15, 0.2) is 0 Å². The van der Waals surface area contributed by atoms with Crippen LogP contribution in [0, 0.1) is 6.92 Å². The summed E-state index contributed by atoms with van der Waals surface area (Å²) >= 11 is 6.22. The number of anilines is 1. The van der Waals surface area contributed by atoms with Gasteiger partial charge in [-0.2, -0.15) is 0 Å². The second-order valence-electron chi connectivity index (χ2n) is 9.71. The highest BCUT2D eigenvalue weighted by atomic mass is 35.5. The number of nitrogens with zero attached hydrogens (tertiary/aromatic N) is 2. The maximum Gasteiger partial charge on any atom is 0.264 e. The Morgan fingerprint density at radius 1 is 0.949 bits per heavy atom. The summed E-state index contributed by atoms with van der Waals surface area (Å²) in [6.07, 6.45) is 0.890. The first-order valence-electron chi connectivity index (χ1n) is 13.0. The molecule has 39 heavy (non-hydrogen) atoms. The summed E-state index contributed by atoms with van der Waals surface area (Å²) in [5.41, 5.74) is 2.18. The quantitative estimate of drug-likeness (QED) is 0.324. The highest BCUT2D eigenvalue weighted by Gasteiger charge is 2.33. The van der Waals surface area contributed by atoms with Crippen molar-refractivity contribution in [2.75, 3.05) is 17.4 Å². The van der Waals surface area contributed by atoms with Gasteiger partial charge in [0.2, 0.25) is 11.8 Å². The lowest BCUT2D eigenvalue weighted by Crippen LogP contribution is -2.54. The van der Waals surface area contributed by atoms with Gasteiger partial charge in [-0.3, -0.25) is 13.9 Å². The van der Waals surface area contributed by atoms with E-state index in [0.29, 0.717) is 17.9 Å². The molecule has 2 amide bonds. The number of rotatable bonds is 12. The molecule has 1 unspecified atom stereocenters. The molecule has 0 aliphatic carbocycles. The van der Waals surface area contributed by atoms with Crippen molar-refractivity contribution in [1.82, 2.24) is 10.2 Å². The maximum atomic E-state index is 14.0. The van der Waals surface area contributed by atoms with Crippen molar-refractivity contribution in [3.63, 3.8) is 0 Å². The molecule has 0 aliphatic heterocycles. The monoisotopic (exact) mass is 569 g/mol. The Kier molecular flexibility index (Phi) is 10.5. The van der Waals surface area contributed by atoms with Crippen molar-refractivity contribution in [3.05, 3.63) is 95.0 Å². The van der Waals surface area contributed by atoms with Crippen molar-refractivity contribution in [1.29, 1.82) is 0 Å². The van der Waals surface area contributed by atoms with Crippen molar-refractivity contribution < 1.29 is 18.0 Å². The molecule has 1 atom stereocenters. The number of hydrogen-bond donors (Lipinski definition) is 1. The highest BCUT2D eigenvalue weighted by Crippen LogP contribution is 2.27. The fraction of sp³-hybridized carbons (Fsp3) is 0.333. The Morgan fingerprint density at radius 2 is 1.62 bits per heavy atom. The summed E-state index contributed by atoms with van der Waals surface area (Å²) in [6.45, 7) is 7.18. The largest absolute Gasteiger partial charge is 0.352 e. The number of carbonyl (C=O) groups is 2. The highest BCUT2D eigenvalue weighted by molar-refractivity contribution is 7.92. The van der Waals surface area contributed by atoms with E-state index in [9.17, 15) is 18.0 Å². The van der Waals surface area contributed by atoms with Crippen molar-refractivity contribution in [2.24, 2.45) is 0 Å². The molecule has 0 heterocycles. The minimum absolute atomic E-state index is 0.0568. The van der Waals surface area contributed by atoms with Crippen molar-refractivity contribution in [2.45, 2.75) is 57.5 Å². The molecule has 0 fully saturated rings. The second kappa shape index (κ2) is 13.6. The van der Waals surface area contributed by atoms with Gasteiger partial charge in [0.05, 0.1) is 10.6 Å². The van der Waals surface area contributed by atoms with E-state index >= 15 is 0 Å². The summed E-state index contributed by atoms with van der Waals surface area (Å²) in [5, 5.41) is 3.24. The normalized spacial score (nSPS) is 12.2. The molecule has 3 aromatic rings. The van der Waals surface area contributed by atoms with E-state index in [2.05, 4.69) is 5.32 Å². The van der Waals surface area contributed by atoms with Crippen LogP contribution in [0.25, 0.3) is 0 Å². The summed E-state index contributed by atoms with van der Waals surface area (Å²) in [5.74, 6) is -0.753. The third-order valence-corrected chi connectivity index (χ3v) is 8.31. The van der Waals surface area contributed by atoms with E-state index in [4.69, 9.17) is 11.6 Å². The zero-order valence-corrected chi connectivity index (χ0v) is 24.4. The Labute approximate surface area is 236 Å². The lowest BCUT2D eigenvalue weighted by Gasteiger charge is -2.33. The van der Waals surface area contributed by atoms with Gasteiger partial charge in [0.25, 0.3) is 10.0 Å². The van der Waals surface area contributed by atoms with E-state index < -0.39 is 28.5 Å². The molecule has 0 aliphatic rings. The number of halogens is 1. The first kappa shape index (κ1) is 30.2. The Hall–Kier alpha value is -3.36. The van der Waals surface area contributed by atoms with E-state index in [1.807, 2.05) is 58.0 Å². The van der Waals surface area contributed by atoms with Crippen LogP contribution in [0.3, 0.4) is 0 Å². The fourth-order valence-electron chi connectivity index (χ4n) is 4.27. The van der Waals surface area contributed by atoms with E-state index in [0.717, 1.165) is 15.4 Å². The fourth-order valence-corrected chi connectivity index (χ4v) is 5.86. The molecular weight excluding hydrogens is 534 g/mol. The maximum absolute atomic E-state index is 14.0. The number of aryl methyl sites for hydroxylation is 1. The van der Waals surface area contributed by atoms with Crippen LogP contribution in [0.1, 0.15) is 38.3 Å². The first-order valence-corrected chi connectivity index (χ1v) is 14.8. The minimum Gasteiger partial charge on any atom is -0.352 e. The van der Waals surface area contributed by atoms with Crippen LogP contribution in [0.5, 0.6) is 0 Å². The summed E-state index contributed by atoms with van der Waals surface area (Å²) in [6, 6.07) is 21.6. The average Bonchev–Trinajstić information content (AvgIpc) is 2.89. The summed E-state index contributed by atoms with van der Waals surface area (Å²) < 4.78 is 28.8. The molecule has 7 nitrogen and oxygen atoms in total. The molecule has 208 valence electrons. The molecular formula is C30H36ClN3O4S. The van der Waals surface area contributed by atoms with E-state index in [1.165, 1.54) is 23.1 Å². The topological polar surface area (TPSA) is 86.8 Å². The lowest BCUT2D eigenvalue weighted by atomic mass is 10.1. The minimum atomic E-state index is -4.13. The number of nitrogens with one attached hydrogen (secondary N) is 1. The Bertz CT molecular complexity index is 1360. The van der Waals surface area contributed by atoms with Gasteiger partial charge < -0.3 is 10.2 Å². The molecule has 9 heteroatoms. The lowest BCUT2D eigenvalue weighted by molar-refractivity contribution is -0.139. The van der Waals surface area contributed by atoms with Crippen LogP contribution in [0.2, 0.25) is 5.02 Å². The van der Waals surface area contributed by atoms with Gasteiger partial charge in [-0.05, 0) is 69.5 Å². The third-order valence-electron chi connectivity index (χ3n) is 6.29. The number of amides is 2. The van der Waals surface area contributed by atoms with Gasteiger partial charge in [-0.15, -0.1) is 0 Å². The van der Waals surface area contributed by atoms with Crippen molar-refractivity contribution >= 4 is 39.1 Å². The van der Waals surface area contributed by atoms with Gasteiger partial charge in [-0.25, -0.2) is 8.42 Å². The molecule has 0 radical (unpaired) electrons. The van der Waals surface area contributed by atoms with Crippen LogP contribution >= 0.6 is 11.6 Å². The smallest absolute Gasteiger partial charge is 0.264 e. The number of hydrogen-bond acceptors (Lipinski definition) is 4. The third kappa shape index (κ3) is 8.07. The molecule has 3 aromatic carbocycles. The van der Waals surface area contributed by atoms with Gasteiger partial charge >= 0.3 is 0 Å². The summed E-state index contributed by atoms with van der Waals surface area (Å²) in [4.78, 5) is 28.7. The van der Waals surface area contributed by atoms with E-state index in [1.54, 1.807) is 30.3 Å². The van der Waals surface area contributed by atoms with Gasteiger partial charge in [0, 0.05) is 17.6 Å². The molecule has 0 saturated carbocycles. The van der Waals surface area contributed by atoms with Crippen LogP contribution in [0.15, 0.2) is 83.8 Å². The number of sulfonamides is 1. The summed E-state index contributed by atoms with van der Waals surface area (Å²) in [7, 11) is -4.13. The van der Waals surface area contributed by atoms with Crippen LogP contribution in [0.4, 0.5) is 5.69 Å². The molecule has 0 bridgehead atoms. The van der Waals surface area contributed by atoms with Crippen molar-refractivity contribution in [3.8, 4) is 0 Å². The Morgan fingerprint density at radius 3 is 2.21 bits per heavy atom. The SMILES string of the molecule is CCC(C(=O)NC(C)C)N(CCc1ccccc1)C(=O)CN(c1cccc(Cl)c1)S(=O)(=O)c1ccc(C)cc1. The van der Waals surface area contributed by atoms with Crippen LogP contribution in [-0.2, 0) is 26.0 Å². The zero-order valence-electron chi connectivity index (χ0n) is 22.8. The number of benzene rings is 3. The van der Waals surface area contributed by atoms with Crippen LogP contribution < -0.4 is 9.62 Å². The predicted molar refractivity (Wildman–Crippen MR) is 156 cm³/mol. The standard InChI is InChI=1S/C30H36ClN3O4S/c1-5-28(30(36)32-22(2)3)33(19-18-24-10-7-6-8-11-24)29(35)21-34(26-13-9-12-25(31)20-26)39(37,38)27-16-14-23(4)15-17-27/h6-17,20,22,28H,5,18-19,21H2,1-4H3,(H,32,36).